The first-order valence-corrected chi connectivity index (χ1v) is 8.07. The van der Waals surface area contributed by atoms with Gasteiger partial charge in [-0.25, -0.2) is 13.1 Å². The average molecular weight is 275 g/mol. The topological polar surface area (TPSA) is 66.4 Å². The van der Waals surface area contributed by atoms with Crippen LogP contribution in [0.5, 0.6) is 0 Å². The second-order valence-corrected chi connectivity index (χ2v) is 7.58. The molecule has 1 saturated carbocycles. The van der Waals surface area contributed by atoms with E-state index >= 15 is 0 Å². The van der Waals surface area contributed by atoms with Gasteiger partial charge in [-0.05, 0) is 37.3 Å². The van der Waals surface area contributed by atoms with Crippen LogP contribution >= 0.6 is 11.3 Å². The smallest absolute Gasteiger partial charge is 0.250 e. The van der Waals surface area contributed by atoms with Crippen LogP contribution in [0, 0.1) is 5.92 Å². The Kier molecular flexibility index (Phi) is 3.87. The predicted molar refractivity (Wildman–Crippen MR) is 67.6 cm³/mol. The van der Waals surface area contributed by atoms with Gasteiger partial charge >= 0.3 is 0 Å². The number of hydrogen-bond acceptors (Lipinski definition) is 4. The fraction of sp³-hybridized carbons (Fsp3) is 0.636. The molecule has 0 radical (unpaired) electrons. The van der Waals surface area contributed by atoms with Gasteiger partial charge in [0.25, 0.3) is 0 Å². The summed E-state index contributed by atoms with van der Waals surface area (Å²) in [6, 6.07) is 3.51. The quantitative estimate of drug-likeness (QED) is 0.852. The van der Waals surface area contributed by atoms with E-state index in [1.807, 2.05) is 13.0 Å². The van der Waals surface area contributed by atoms with Crippen LogP contribution in [0.25, 0.3) is 0 Å². The number of thiophene rings is 1. The first-order chi connectivity index (χ1) is 8.01. The Morgan fingerprint density at radius 1 is 1.47 bits per heavy atom. The highest BCUT2D eigenvalue weighted by molar-refractivity contribution is 7.91. The zero-order valence-corrected chi connectivity index (χ0v) is 11.4. The van der Waals surface area contributed by atoms with Crippen LogP contribution in [0.2, 0.25) is 0 Å². The fourth-order valence-corrected chi connectivity index (χ4v) is 4.31. The monoisotopic (exact) mass is 275 g/mol. The molecule has 0 saturated heterocycles. The van der Waals surface area contributed by atoms with E-state index in [9.17, 15) is 8.42 Å². The number of nitrogens with one attached hydrogen (secondary N) is 1. The van der Waals surface area contributed by atoms with Crippen LogP contribution in [0.3, 0.4) is 0 Å². The number of aryl methyl sites for hydroxylation is 1. The molecule has 0 amide bonds. The van der Waals surface area contributed by atoms with Crippen molar-refractivity contribution in [2.75, 3.05) is 6.54 Å². The minimum absolute atomic E-state index is 0.238. The average Bonchev–Trinajstić information content (AvgIpc) is 2.72. The molecule has 0 unspecified atom stereocenters. The molecule has 4 nitrogen and oxygen atoms in total. The van der Waals surface area contributed by atoms with Crippen LogP contribution in [0.4, 0.5) is 0 Å². The van der Waals surface area contributed by atoms with Crippen molar-refractivity contribution < 1.29 is 13.5 Å². The standard InChI is InChI=1S/C11H17NO3S2/c1-2-10-3-4-11(16-10)17(14,15)12-7-8-5-9(13)6-8/h3-4,8-9,12-13H,2,5-7H2,1H3. The Morgan fingerprint density at radius 3 is 2.71 bits per heavy atom. The summed E-state index contributed by atoms with van der Waals surface area (Å²) in [5, 5.41) is 9.12. The van der Waals surface area contributed by atoms with Gasteiger partial charge in [-0.3, -0.25) is 0 Å². The lowest BCUT2D eigenvalue weighted by molar-refractivity contribution is 0.0453. The van der Waals surface area contributed by atoms with Crippen LogP contribution in [-0.2, 0) is 16.4 Å². The summed E-state index contributed by atoms with van der Waals surface area (Å²) in [6.07, 6.45) is 2.02. The molecule has 1 aliphatic carbocycles. The Morgan fingerprint density at radius 2 is 2.18 bits per heavy atom. The van der Waals surface area contributed by atoms with Gasteiger partial charge in [0.05, 0.1) is 6.10 Å². The van der Waals surface area contributed by atoms with Crippen LogP contribution in [-0.4, -0.2) is 26.2 Å². The molecule has 1 aromatic heterocycles. The summed E-state index contributed by atoms with van der Waals surface area (Å²) in [5.41, 5.74) is 0. The zero-order chi connectivity index (χ0) is 12.5. The molecular formula is C11H17NO3S2. The first kappa shape index (κ1) is 13.0. The molecular weight excluding hydrogens is 258 g/mol. The molecule has 1 aliphatic rings. The van der Waals surface area contributed by atoms with E-state index in [1.54, 1.807) is 6.07 Å². The van der Waals surface area contributed by atoms with E-state index in [4.69, 9.17) is 5.11 Å². The van der Waals surface area contributed by atoms with E-state index < -0.39 is 10.0 Å². The van der Waals surface area contributed by atoms with Gasteiger partial charge in [-0.2, -0.15) is 0 Å². The van der Waals surface area contributed by atoms with E-state index in [0.717, 1.165) is 11.3 Å². The van der Waals surface area contributed by atoms with Gasteiger partial charge < -0.3 is 5.11 Å². The minimum atomic E-state index is -3.35. The van der Waals surface area contributed by atoms with E-state index in [-0.39, 0.29) is 12.0 Å². The first-order valence-electron chi connectivity index (χ1n) is 5.77. The molecule has 0 aromatic carbocycles. The second-order valence-electron chi connectivity index (χ2n) is 4.42. The van der Waals surface area contributed by atoms with Crippen molar-refractivity contribution in [2.24, 2.45) is 5.92 Å². The Balaban J connectivity index is 1.94. The third kappa shape index (κ3) is 3.07. The lowest BCUT2D eigenvalue weighted by Crippen LogP contribution is -2.38. The second kappa shape index (κ2) is 5.06. The Hall–Kier alpha value is -0.430. The van der Waals surface area contributed by atoms with Crippen LogP contribution in [0.1, 0.15) is 24.6 Å². The van der Waals surface area contributed by atoms with Crippen LogP contribution in [0.15, 0.2) is 16.3 Å². The minimum Gasteiger partial charge on any atom is -0.393 e. The zero-order valence-electron chi connectivity index (χ0n) is 9.72. The molecule has 17 heavy (non-hydrogen) atoms. The highest BCUT2D eigenvalue weighted by Gasteiger charge is 2.28. The number of aliphatic hydroxyl groups excluding tert-OH is 1. The largest absolute Gasteiger partial charge is 0.393 e. The highest BCUT2D eigenvalue weighted by atomic mass is 32.2. The number of rotatable bonds is 5. The van der Waals surface area contributed by atoms with E-state index in [2.05, 4.69) is 4.72 Å². The number of aliphatic hydroxyl groups is 1. The maximum Gasteiger partial charge on any atom is 0.250 e. The summed E-state index contributed by atoms with van der Waals surface area (Å²) >= 11 is 1.32. The van der Waals surface area contributed by atoms with Crippen molar-refractivity contribution in [3.8, 4) is 0 Å². The highest BCUT2D eigenvalue weighted by Crippen LogP contribution is 2.27. The Bertz CT molecular complexity index is 475. The molecule has 0 spiro atoms. The van der Waals surface area contributed by atoms with Gasteiger partial charge in [0.15, 0.2) is 0 Å². The van der Waals surface area contributed by atoms with Crippen molar-refractivity contribution in [2.45, 2.75) is 36.5 Å². The third-order valence-electron chi connectivity index (χ3n) is 3.02. The number of hydrogen-bond donors (Lipinski definition) is 2. The fourth-order valence-electron chi connectivity index (χ4n) is 1.86. The van der Waals surface area contributed by atoms with Crippen molar-refractivity contribution in [1.29, 1.82) is 0 Å². The lowest BCUT2D eigenvalue weighted by Gasteiger charge is -2.31. The summed E-state index contributed by atoms with van der Waals surface area (Å²) in [5.74, 6) is 0.283. The summed E-state index contributed by atoms with van der Waals surface area (Å²) < 4.78 is 26.8. The van der Waals surface area contributed by atoms with Gasteiger partial charge in [-0.15, -0.1) is 11.3 Å². The molecule has 1 aromatic rings. The number of sulfonamides is 1. The molecule has 6 heteroatoms. The molecule has 96 valence electrons. The molecule has 2 rings (SSSR count). The third-order valence-corrected chi connectivity index (χ3v) is 6.17. The van der Waals surface area contributed by atoms with Gasteiger partial charge in [0, 0.05) is 11.4 Å². The summed E-state index contributed by atoms with van der Waals surface area (Å²) in [4.78, 5) is 1.07. The van der Waals surface area contributed by atoms with Crippen LogP contribution < -0.4 is 4.72 Å². The summed E-state index contributed by atoms with van der Waals surface area (Å²) in [7, 11) is -3.35. The lowest BCUT2D eigenvalue weighted by atomic mass is 9.83. The SMILES string of the molecule is CCc1ccc(S(=O)(=O)NCC2CC(O)C2)s1. The maximum absolute atomic E-state index is 11.9. The summed E-state index contributed by atoms with van der Waals surface area (Å²) in [6.45, 7) is 2.43. The van der Waals surface area contributed by atoms with Crippen molar-refractivity contribution in [1.82, 2.24) is 4.72 Å². The predicted octanol–water partition coefficient (Wildman–Crippen LogP) is 1.36. The normalized spacial score (nSPS) is 24.6. The van der Waals surface area contributed by atoms with Crippen molar-refractivity contribution in [3.05, 3.63) is 17.0 Å². The van der Waals surface area contributed by atoms with E-state index in [0.29, 0.717) is 23.6 Å². The van der Waals surface area contributed by atoms with E-state index in [1.165, 1.54) is 11.3 Å². The molecule has 0 bridgehead atoms. The van der Waals surface area contributed by atoms with Gasteiger partial charge in [-0.1, -0.05) is 6.92 Å². The van der Waals surface area contributed by atoms with Crippen molar-refractivity contribution >= 4 is 21.4 Å². The molecule has 0 aliphatic heterocycles. The Labute approximate surface area is 106 Å². The molecule has 0 atom stereocenters. The molecule has 1 heterocycles. The maximum atomic E-state index is 11.9. The molecule has 2 N–H and O–H groups in total. The molecule has 1 fully saturated rings. The van der Waals surface area contributed by atoms with Crippen molar-refractivity contribution in [3.63, 3.8) is 0 Å². The van der Waals surface area contributed by atoms with Gasteiger partial charge in [0.1, 0.15) is 4.21 Å². The van der Waals surface area contributed by atoms with Gasteiger partial charge in [0.2, 0.25) is 10.0 Å².